The second kappa shape index (κ2) is 5.52. The van der Waals surface area contributed by atoms with E-state index >= 15 is 0 Å². The highest BCUT2D eigenvalue weighted by atomic mass is 16.5. The molecule has 0 aliphatic heterocycles. The maximum atomic E-state index is 9.03. The Hall–Kier alpha value is -1.69. The predicted octanol–water partition coefficient (Wildman–Crippen LogP) is 3.95. The summed E-state index contributed by atoms with van der Waals surface area (Å²) in [4.78, 5) is 0. The highest BCUT2D eigenvalue weighted by molar-refractivity contribution is 5.53. The molecule has 0 bridgehead atoms. The van der Waals surface area contributed by atoms with E-state index in [9.17, 15) is 0 Å². The van der Waals surface area contributed by atoms with Gasteiger partial charge in [-0.15, -0.1) is 0 Å². The summed E-state index contributed by atoms with van der Waals surface area (Å²) in [6.45, 7) is 11.0. The van der Waals surface area contributed by atoms with Gasteiger partial charge in [-0.1, -0.05) is 20.8 Å². The van der Waals surface area contributed by atoms with Gasteiger partial charge in [-0.25, -0.2) is 0 Å². The molecule has 0 fully saturated rings. The van der Waals surface area contributed by atoms with Crippen LogP contribution in [-0.4, -0.2) is 13.7 Å². The summed E-state index contributed by atoms with van der Waals surface area (Å²) in [5.74, 6) is 0.901. The van der Waals surface area contributed by atoms with Gasteiger partial charge in [0, 0.05) is 17.8 Å². The third-order valence-electron chi connectivity index (χ3n) is 3.04. The lowest BCUT2D eigenvalue weighted by Crippen LogP contribution is -2.21. The van der Waals surface area contributed by atoms with Crippen LogP contribution in [0.1, 0.15) is 40.2 Å². The fourth-order valence-electron chi connectivity index (χ4n) is 1.77. The molecule has 0 heterocycles. The van der Waals surface area contributed by atoms with Crippen molar-refractivity contribution in [3.05, 3.63) is 23.8 Å². The highest BCUT2D eigenvalue weighted by Crippen LogP contribution is 2.33. The van der Waals surface area contributed by atoms with Crippen molar-refractivity contribution in [2.45, 2.75) is 40.0 Å². The number of rotatable bonds is 4. The normalized spacial score (nSPS) is 11.8. The highest BCUT2D eigenvalue weighted by Gasteiger charge is 2.20. The number of nitrogens with zero attached hydrogens (tertiary/aromatic N) is 1. The molecule has 0 aliphatic rings. The number of hydrogen-bond donors (Lipinski definition) is 1. The first kappa shape index (κ1) is 15.4. The van der Waals surface area contributed by atoms with Crippen molar-refractivity contribution in [3.63, 3.8) is 0 Å². The minimum atomic E-state index is -0.373. The number of ether oxygens (including phenoxy) is 1. The van der Waals surface area contributed by atoms with Crippen molar-refractivity contribution < 1.29 is 4.74 Å². The summed E-state index contributed by atoms with van der Waals surface area (Å²) in [5, 5.41) is 12.3. The molecule has 3 nitrogen and oxygen atoms in total. The Bertz CT molecular complexity index is 479. The first-order valence-electron chi connectivity index (χ1n) is 6.53. The number of anilines is 1. The summed E-state index contributed by atoms with van der Waals surface area (Å²) in [5.41, 5.74) is 1.83. The fourth-order valence-corrected chi connectivity index (χ4v) is 1.77. The zero-order chi connectivity index (χ0) is 14.7. The summed E-state index contributed by atoms with van der Waals surface area (Å²) in [6.07, 6.45) is 0. The lowest BCUT2D eigenvalue weighted by molar-refractivity contribution is 0.397. The molecule has 1 rings (SSSR count). The van der Waals surface area contributed by atoms with Gasteiger partial charge in [-0.3, -0.25) is 0 Å². The minimum Gasteiger partial charge on any atom is -0.496 e. The van der Waals surface area contributed by atoms with Crippen LogP contribution in [0.5, 0.6) is 5.75 Å². The van der Waals surface area contributed by atoms with Gasteiger partial charge in [0.1, 0.15) is 5.75 Å². The Labute approximate surface area is 116 Å². The maximum Gasteiger partial charge on any atom is 0.122 e. The molecule has 0 radical (unpaired) electrons. The van der Waals surface area contributed by atoms with Crippen molar-refractivity contribution in [1.29, 1.82) is 5.26 Å². The summed E-state index contributed by atoms with van der Waals surface area (Å²) in [7, 11) is 1.69. The molecule has 0 atom stereocenters. The molecule has 1 aromatic carbocycles. The van der Waals surface area contributed by atoms with Gasteiger partial charge in [0.05, 0.1) is 18.6 Å². The molecule has 19 heavy (non-hydrogen) atoms. The van der Waals surface area contributed by atoms with Crippen molar-refractivity contribution in [1.82, 2.24) is 0 Å². The van der Waals surface area contributed by atoms with Gasteiger partial charge in [0.25, 0.3) is 0 Å². The number of nitrogens with one attached hydrogen (secondary N) is 1. The third kappa shape index (κ3) is 4.17. The Morgan fingerprint density at radius 1 is 1.21 bits per heavy atom. The molecule has 0 aromatic heterocycles. The van der Waals surface area contributed by atoms with E-state index in [1.165, 1.54) is 0 Å². The summed E-state index contributed by atoms with van der Waals surface area (Å²) in [6, 6.07) is 8.36. The summed E-state index contributed by atoms with van der Waals surface area (Å²) < 4.78 is 5.41. The van der Waals surface area contributed by atoms with Crippen molar-refractivity contribution in [2.75, 3.05) is 19.0 Å². The van der Waals surface area contributed by atoms with E-state index in [0.717, 1.165) is 17.0 Å². The Kier molecular flexibility index (Phi) is 4.47. The van der Waals surface area contributed by atoms with Crippen LogP contribution in [0.25, 0.3) is 0 Å². The number of nitriles is 1. The van der Waals surface area contributed by atoms with Crippen LogP contribution < -0.4 is 10.1 Å². The molecule has 0 saturated heterocycles. The Balaban J connectivity index is 2.97. The van der Waals surface area contributed by atoms with E-state index in [-0.39, 0.29) is 10.8 Å². The Morgan fingerprint density at radius 3 is 2.32 bits per heavy atom. The second-order valence-electron chi connectivity index (χ2n) is 6.51. The van der Waals surface area contributed by atoms with Crippen molar-refractivity contribution >= 4 is 5.69 Å². The van der Waals surface area contributed by atoms with Crippen LogP contribution >= 0.6 is 0 Å². The Morgan fingerprint density at radius 2 is 1.84 bits per heavy atom. The quantitative estimate of drug-likeness (QED) is 0.891. The summed E-state index contributed by atoms with van der Waals surface area (Å²) >= 11 is 0. The SMILES string of the molecule is COc1ccc(NCC(C)(C)C#N)cc1C(C)(C)C. The first-order valence-corrected chi connectivity index (χ1v) is 6.53. The van der Waals surface area contributed by atoms with E-state index in [1.807, 2.05) is 26.0 Å². The van der Waals surface area contributed by atoms with E-state index < -0.39 is 0 Å². The lowest BCUT2D eigenvalue weighted by atomic mass is 9.86. The van der Waals surface area contributed by atoms with E-state index in [0.29, 0.717) is 6.54 Å². The smallest absolute Gasteiger partial charge is 0.122 e. The molecule has 3 heteroatoms. The standard InChI is InChI=1S/C16H24N2O/c1-15(2,3)13-9-12(7-8-14(13)19-6)18-11-16(4,5)10-17/h7-9,18H,11H2,1-6H3. The molecule has 0 amide bonds. The van der Waals surface area contributed by atoms with Crippen LogP contribution in [0.4, 0.5) is 5.69 Å². The first-order chi connectivity index (χ1) is 8.69. The van der Waals surface area contributed by atoms with E-state index in [2.05, 4.69) is 38.2 Å². The van der Waals surface area contributed by atoms with Gasteiger partial charge < -0.3 is 10.1 Å². The molecular weight excluding hydrogens is 236 g/mol. The topological polar surface area (TPSA) is 45.0 Å². The average molecular weight is 260 g/mol. The largest absolute Gasteiger partial charge is 0.496 e. The molecule has 0 unspecified atom stereocenters. The fraction of sp³-hybridized carbons (Fsp3) is 0.562. The van der Waals surface area contributed by atoms with Crippen LogP contribution in [0.2, 0.25) is 0 Å². The number of methoxy groups -OCH3 is 1. The lowest BCUT2D eigenvalue weighted by Gasteiger charge is -2.24. The third-order valence-corrected chi connectivity index (χ3v) is 3.04. The second-order valence-corrected chi connectivity index (χ2v) is 6.51. The van der Waals surface area contributed by atoms with Crippen LogP contribution in [0, 0.1) is 16.7 Å². The predicted molar refractivity (Wildman–Crippen MR) is 79.6 cm³/mol. The molecular formula is C16H24N2O. The van der Waals surface area contributed by atoms with Gasteiger partial charge in [-0.05, 0) is 37.5 Å². The van der Waals surface area contributed by atoms with Crippen molar-refractivity contribution in [3.8, 4) is 11.8 Å². The van der Waals surface area contributed by atoms with Gasteiger partial charge >= 0.3 is 0 Å². The van der Waals surface area contributed by atoms with Crippen LogP contribution in [0.3, 0.4) is 0 Å². The molecule has 0 saturated carbocycles. The minimum absolute atomic E-state index is 0.0216. The monoisotopic (exact) mass is 260 g/mol. The number of benzene rings is 1. The molecule has 1 aromatic rings. The number of hydrogen-bond acceptors (Lipinski definition) is 3. The molecule has 0 aliphatic carbocycles. The molecule has 104 valence electrons. The zero-order valence-corrected chi connectivity index (χ0v) is 12.8. The van der Waals surface area contributed by atoms with Crippen molar-refractivity contribution in [2.24, 2.45) is 5.41 Å². The van der Waals surface area contributed by atoms with Gasteiger partial charge in [-0.2, -0.15) is 5.26 Å². The van der Waals surface area contributed by atoms with Gasteiger partial charge in [0.2, 0.25) is 0 Å². The average Bonchev–Trinajstić information content (AvgIpc) is 2.35. The van der Waals surface area contributed by atoms with Crippen LogP contribution in [-0.2, 0) is 5.41 Å². The van der Waals surface area contributed by atoms with E-state index in [1.54, 1.807) is 7.11 Å². The van der Waals surface area contributed by atoms with Gasteiger partial charge in [0.15, 0.2) is 0 Å². The van der Waals surface area contributed by atoms with E-state index in [4.69, 9.17) is 10.00 Å². The molecule has 0 spiro atoms. The van der Waals surface area contributed by atoms with Crippen LogP contribution in [0.15, 0.2) is 18.2 Å². The molecule has 1 N–H and O–H groups in total. The maximum absolute atomic E-state index is 9.03. The zero-order valence-electron chi connectivity index (χ0n) is 12.8.